The van der Waals surface area contributed by atoms with E-state index in [1.165, 1.54) is 0 Å². The van der Waals surface area contributed by atoms with Gasteiger partial charge in [0.1, 0.15) is 0 Å². The molecule has 0 aliphatic carbocycles. The molecule has 1 fully saturated rings. The third-order valence-corrected chi connectivity index (χ3v) is 4.48. The van der Waals surface area contributed by atoms with Crippen molar-refractivity contribution in [1.82, 2.24) is 4.90 Å². The number of hydrogen-bond acceptors (Lipinski definition) is 5. The summed E-state index contributed by atoms with van der Waals surface area (Å²) in [5.41, 5.74) is 1.74. The summed E-state index contributed by atoms with van der Waals surface area (Å²) in [5, 5.41) is 0. The molecule has 1 heterocycles. The Labute approximate surface area is 153 Å². The molecule has 5 nitrogen and oxygen atoms in total. The molecule has 0 amide bonds. The van der Waals surface area contributed by atoms with E-state index in [9.17, 15) is 9.59 Å². The molecule has 0 saturated carbocycles. The van der Waals surface area contributed by atoms with Crippen LogP contribution in [0.4, 0.5) is 0 Å². The standard InChI is InChI=1S/C21H23NO4/c1-2-25-21(24)20-22(14-13-19(23)17-11-7-4-8-12-17)18(15-26-20)16-9-5-3-6-10-16/h3-12,18,20H,2,13-15H2,1H3/t18-,20+/m1/s1. The highest BCUT2D eigenvalue weighted by atomic mass is 16.6. The van der Waals surface area contributed by atoms with Gasteiger partial charge in [0.2, 0.25) is 6.23 Å². The molecule has 26 heavy (non-hydrogen) atoms. The molecular weight excluding hydrogens is 330 g/mol. The molecule has 0 aromatic heterocycles. The molecule has 0 radical (unpaired) electrons. The van der Waals surface area contributed by atoms with Crippen molar-refractivity contribution in [2.45, 2.75) is 25.6 Å². The van der Waals surface area contributed by atoms with Crippen LogP contribution >= 0.6 is 0 Å². The molecule has 0 bridgehead atoms. The van der Waals surface area contributed by atoms with Gasteiger partial charge in [0.05, 0.1) is 19.3 Å². The van der Waals surface area contributed by atoms with Gasteiger partial charge >= 0.3 is 5.97 Å². The number of benzene rings is 2. The Morgan fingerprint density at radius 3 is 2.38 bits per heavy atom. The van der Waals surface area contributed by atoms with Crippen molar-refractivity contribution in [2.75, 3.05) is 19.8 Å². The third-order valence-electron chi connectivity index (χ3n) is 4.48. The van der Waals surface area contributed by atoms with Gasteiger partial charge in [-0.3, -0.25) is 9.69 Å². The van der Waals surface area contributed by atoms with Gasteiger partial charge in [0.25, 0.3) is 0 Å². The second kappa shape index (κ2) is 8.74. The van der Waals surface area contributed by atoms with Crippen LogP contribution in [-0.2, 0) is 14.3 Å². The Morgan fingerprint density at radius 2 is 1.73 bits per heavy atom. The van der Waals surface area contributed by atoms with Crippen molar-refractivity contribution in [2.24, 2.45) is 0 Å². The number of rotatable bonds is 7. The number of ketones is 1. The highest BCUT2D eigenvalue weighted by Crippen LogP contribution is 2.31. The van der Waals surface area contributed by atoms with Crippen LogP contribution in [0.5, 0.6) is 0 Å². The van der Waals surface area contributed by atoms with Gasteiger partial charge in [0, 0.05) is 18.5 Å². The molecule has 136 valence electrons. The molecule has 5 heteroatoms. The zero-order valence-corrected chi connectivity index (χ0v) is 14.8. The molecule has 2 aromatic carbocycles. The van der Waals surface area contributed by atoms with Crippen molar-refractivity contribution >= 4 is 11.8 Å². The fourth-order valence-electron chi connectivity index (χ4n) is 3.19. The fraction of sp³-hybridized carbons (Fsp3) is 0.333. The van der Waals surface area contributed by atoms with Crippen LogP contribution in [0.2, 0.25) is 0 Å². The molecule has 1 aliphatic heterocycles. The molecule has 0 unspecified atom stereocenters. The molecule has 1 aliphatic rings. The number of nitrogens with zero attached hydrogens (tertiary/aromatic N) is 1. The van der Waals surface area contributed by atoms with Crippen LogP contribution in [0.3, 0.4) is 0 Å². The van der Waals surface area contributed by atoms with Crippen molar-refractivity contribution in [3.63, 3.8) is 0 Å². The number of carbonyl (C=O) groups excluding carboxylic acids is 2. The van der Waals surface area contributed by atoms with E-state index < -0.39 is 12.2 Å². The Morgan fingerprint density at radius 1 is 1.08 bits per heavy atom. The SMILES string of the molecule is CCOC(=O)[C@@H]1OC[C@H](c2ccccc2)N1CCC(=O)c1ccccc1. The van der Waals surface area contributed by atoms with Gasteiger partial charge in [0.15, 0.2) is 5.78 Å². The zero-order chi connectivity index (χ0) is 18.4. The maximum Gasteiger partial charge on any atom is 0.350 e. The van der Waals surface area contributed by atoms with Crippen LogP contribution in [0.1, 0.15) is 35.3 Å². The fourth-order valence-corrected chi connectivity index (χ4v) is 3.19. The second-order valence-corrected chi connectivity index (χ2v) is 6.14. The van der Waals surface area contributed by atoms with Crippen LogP contribution in [-0.4, -0.2) is 42.6 Å². The van der Waals surface area contributed by atoms with Gasteiger partial charge in [-0.1, -0.05) is 60.7 Å². The summed E-state index contributed by atoms with van der Waals surface area (Å²) >= 11 is 0. The third kappa shape index (κ3) is 4.18. The summed E-state index contributed by atoms with van der Waals surface area (Å²) in [4.78, 5) is 26.7. The van der Waals surface area contributed by atoms with Gasteiger partial charge in [-0.05, 0) is 12.5 Å². The Kier molecular flexibility index (Phi) is 6.15. The topological polar surface area (TPSA) is 55.8 Å². The predicted molar refractivity (Wildman–Crippen MR) is 97.7 cm³/mol. The number of ether oxygens (including phenoxy) is 2. The predicted octanol–water partition coefficient (Wildman–Crippen LogP) is 3.22. The molecular formula is C21H23NO4. The quantitative estimate of drug-likeness (QED) is 0.565. The molecule has 3 rings (SSSR count). The van der Waals surface area contributed by atoms with Crippen molar-refractivity contribution in [3.8, 4) is 0 Å². The molecule has 2 atom stereocenters. The molecule has 1 saturated heterocycles. The lowest BCUT2D eigenvalue weighted by molar-refractivity contribution is -0.161. The lowest BCUT2D eigenvalue weighted by Gasteiger charge is -2.26. The first kappa shape index (κ1) is 18.3. The second-order valence-electron chi connectivity index (χ2n) is 6.14. The van der Waals surface area contributed by atoms with E-state index in [4.69, 9.17) is 9.47 Å². The molecule has 2 aromatic rings. The van der Waals surface area contributed by atoms with Gasteiger partial charge in [-0.2, -0.15) is 0 Å². The first-order valence-corrected chi connectivity index (χ1v) is 8.88. The normalized spacial score (nSPS) is 20.0. The molecule has 0 spiro atoms. The summed E-state index contributed by atoms with van der Waals surface area (Å²) in [7, 11) is 0. The van der Waals surface area contributed by atoms with Crippen molar-refractivity contribution in [3.05, 3.63) is 71.8 Å². The lowest BCUT2D eigenvalue weighted by atomic mass is 10.0. The average molecular weight is 353 g/mol. The summed E-state index contributed by atoms with van der Waals surface area (Å²) in [6.45, 7) is 2.89. The van der Waals surface area contributed by atoms with Crippen LogP contribution < -0.4 is 0 Å². The van der Waals surface area contributed by atoms with E-state index in [0.717, 1.165) is 5.56 Å². The summed E-state index contributed by atoms with van der Waals surface area (Å²) in [5.74, 6) is -0.356. The monoisotopic (exact) mass is 353 g/mol. The lowest BCUT2D eigenvalue weighted by Crippen LogP contribution is -2.40. The number of carbonyl (C=O) groups is 2. The largest absolute Gasteiger partial charge is 0.463 e. The van der Waals surface area contributed by atoms with Crippen LogP contribution in [0, 0.1) is 0 Å². The van der Waals surface area contributed by atoms with Crippen molar-refractivity contribution < 1.29 is 19.1 Å². The zero-order valence-electron chi connectivity index (χ0n) is 14.8. The maximum atomic E-state index is 12.5. The van der Waals surface area contributed by atoms with Crippen molar-refractivity contribution in [1.29, 1.82) is 0 Å². The highest BCUT2D eigenvalue weighted by molar-refractivity contribution is 5.96. The first-order valence-electron chi connectivity index (χ1n) is 8.88. The minimum absolute atomic E-state index is 0.0481. The Balaban J connectivity index is 1.75. The van der Waals surface area contributed by atoms with E-state index in [2.05, 4.69) is 0 Å². The van der Waals surface area contributed by atoms with Crippen LogP contribution in [0.15, 0.2) is 60.7 Å². The van der Waals surface area contributed by atoms with E-state index in [0.29, 0.717) is 31.7 Å². The van der Waals surface area contributed by atoms with E-state index >= 15 is 0 Å². The van der Waals surface area contributed by atoms with Gasteiger partial charge in [-0.25, -0.2) is 4.79 Å². The Hall–Kier alpha value is -2.50. The van der Waals surface area contributed by atoms with E-state index in [1.54, 1.807) is 19.1 Å². The minimum atomic E-state index is -0.774. The number of Topliss-reactive ketones (excluding diaryl/α,β-unsaturated/α-hetero) is 1. The minimum Gasteiger partial charge on any atom is -0.463 e. The average Bonchev–Trinajstić information content (AvgIpc) is 3.11. The van der Waals surface area contributed by atoms with E-state index in [-0.39, 0.29) is 11.8 Å². The van der Waals surface area contributed by atoms with Crippen LogP contribution in [0.25, 0.3) is 0 Å². The Bertz CT molecular complexity index is 732. The maximum absolute atomic E-state index is 12.5. The van der Waals surface area contributed by atoms with Gasteiger partial charge < -0.3 is 9.47 Å². The number of hydrogen-bond donors (Lipinski definition) is 0. The first-order chi connectivity index (χ1) is 12.7. The molecule has 0 N–H and O–H groups in total. The summed E-state index contributed by atoms with van der Waals surface area (Å²) < 4.78 is 10.9. The van der Waals surface area contributed by atoms with E-state index in [1.807, 2.05) is 53.4 Å². The smallest absolute Gasteiger partial charge is 0.350 e. The number of esters is 1. The van der Waals surface area contributed by atoms with Gasteiger partial charge in [-0.15, -0.1) is 0 Å². The highest BCUT2D eigenvalue weighted by Gasteiger charge is 2.40. The summed E-state index contributed by atoms with van der Waals surface area (Å²) in [6, 6.07) is 19.0. The summed E-state index contributed by atoms with van der Waals surface area (Å²) in [6.07, 6.45) is -0.462.